The van der Waals surface area contributed by atoms with Gasteiger partial charge in [0.05, 0.1) is 18.7 Å². The molecule has 2 atom stereocenters. The van der Waals surface area contributed by atoms with E-state index in [4.69, 9.17) is 0 Å². The van der Waals surface area contributed by atoms with Crippen LogP contribution in [0.4, 0.5) is 0 Å². The minimum Gasteiger partial charge on any atom is -0.394 e. The van der Waals surface area contributed by atoms with Crippen LogP contribution in [-0.2, 0) is 11.2 Å². The van der Waals surface area contributed by atoms with E-state index in [1.807, 2.05) is 30.3 Å². The van der Waals surface area contributed by atoms with Gasteiger partial charge in [0, 0.05) is 0 Å². The highest BCUT2D eigenvalue weighted by atomic mass is 16.3. The average molecular weight is 276 g/mol. The van der Waals surface area contributed by atoms with Crippen molar-refractivity contribution in [2.45, 2.75) is 44.2 Å². The van der Waals surface area contributed by atoms with E-state index in [1.54, 1.807) is 0 Å². The number of hydrogen-bond donors (Lipinski definition) is 3. The maximum atomic E-state index is 12.2. The molecule has 0 spiro atoms. The highest BCUT2D eigenvalue weighted by Gasteiger charge is 2.21. The molecular weight excluding hydrogens is 252 g/mol. The molecule has 4 nitrogen and oxygen atoms in total. The van der Waals surface area contributed by atoms with Crippen LogP contribution >= 0.6 is 0 Å². The second-order valence-corrected chi connectivity index (χ2v) is 5.43. The van der Waals surface area contributed by atoms with Crippen molar-refractivity contribution in [1.29, 1.82) is 0 Å². The Morgan fingerprint density at radius 1 is 1.30 bits per heavy atom. The van der Waals surface area contributed by atoms with Crippen molar-refractivity contribution < 1.29 is 9.90 Å². The predicted molar refractivity (Wildman–Crippen MR) is 79.4 cm³/mol. The lowest BCUT2D eigenvalue weighted by atomic mass is 10.1. The first kappa shape index (κ1) is 15.0. The zero-order valence-corrected chi connectivity index (χ0v) is 11.8. The van der Waals surface area contributed by atoms with Crippen LogP contribution in [-0.4, -0.2) is 36.2 Å². The molecule has 20 heavy (non-hydrogen) atoms. The number of nitrogens with one attached hydrogen (secondary N) is 2. The molecule has 0 saturated carbocycles. The molecular formula is C16H24N2O2. The van der Waals surface area contributed by atoms with Gasteiger partial charge in [0.25, 0.3) is 0 Å². The SMILES string of the molecule is O=C(N[C@@H](CO)Cc1ccccc1)C1CCCCCN1. The standard InChI is InChI=1S/C16H24N2O2/c19-12-14(11-13-7-3-1-4-8-13)18-16(20)15-9-5-2-6-10-17-15/h1,3-4,7-8,14-15,17,19H,2,5-6,9-12H2,(H,18,20)/t14-,15?/m1/s1. The number of hydrogen-bond acceptors (Lipinski definition) is 3. The molecule has 4 heteroatoms. The maximum Gasteiger partial charge on any atom is 0.237 e. The summed E-state index contributed by atoms with van der Waals surface area (Å²) in [4.78, 5) is 12.2. The third-order valence-corrected chi connectivity index (χ3v) is 3.77. The van der Waals surface area contributed by atoms with Gasteiger partial charge in [0.2, 0.25) is 5.91 Å². The Labute approximate surface area is 120 Å². The molecule has 1 heterocycles. The van der Waals surface area contributed by atoms with Gasteiger partial charge in [-0.25, -0.2) is 0 Å². The fraction of sp³-hybridized carbons (Fsp3) is 0.562. The number of rotatable bonds is 5. The van der Waals surface area contributed by atoms with Crippen LogP contribution < -0.4 is 10.6 Å². The first-order valence-corrected chi connectivity index (χ1v) is 7.48. The van der Waals surface area contributed by atoms with Crippen LogP contribution in [0.1, 0.15) is 31.2 Å². The second kappa shape index (κ2) is 8.02. The van der Waals surface area contributed by atoms with Gasteiger partial charge in [0.1, 0.15) is 0 Å². The maximum absolute atomic E-state index is 12.2. The number of aliphatic hydroxyl groups is 1. The monoisotopic (exact) mass is 276 g/mol. The summed E-state index contributed by atoms with van der Waals surface area (Å²) in [7, 11) is 0. The molecule has 1 saturated heterocycles. The summed E-state index contributed by atoms with van der Waals surface area (Å²) in [6, 6.07) is 9.61. The van der Waals surface area contributed by atoms with Gasteiger partial charge >= 0.3 is 0 Å². The van der Waals surface area contributed by atoms with Gasteiger partial charge in [-0.1, -0.05) is 43.2 Å². The van der Waals surface area contributed by atoms with Crippen molar-refractivity contribution in [2.75, 3.05) is 13.2 Å². The Morgan fingerprint density at radius 2 is 2.10 bits per heavy atom. The third kappa shape index (κ3) is 4.62. The largest absolute Gasteiger partial charge is 0.394 e. The lowest BCUT2D eigenvalue weighted by Crippen LogP contribution is -2.49. The van der Waals surface area contributed by atoms with E-state index < -0.39 is 0 Å². The number of amides is 1. The molecule has 3 N–H and O–H groups in total. The van der Waals surface area contributed by atoms with Gasteiger partial charge in [0.15, 0.2) is 0 Å². The first-order valence-electron chi connectivity index (χ1n) is 7.48. The van der Waals surface area contributed by atoms with Gasteiger partial charge < -0.3 is 15.7 Å². The summed E-state index contributed by atoms with van der Waals surface area (Å²) in [5.41, 5.74) is 1.13. The average Bonchev–Trinajstić information content (AvgIpc) is 2.76. The van der Waals surface area contributed by atoms with Crippen molar-refractivity contribution in [3.05, 3.63) is 35.9 Å². The van der Waals surface area contributed by atoms with E-state index in [2.05, 4.69) is 10.6 Å². The zero-order chi connectivity index (χ0) is 14.2. The van der Waals surface area contributed by atoms with Crippen LogP contribution in [0.15, 0.2) is 30.3 Å². The van der Waals surface area contributed by atoms with Gasteiger partial charge in [-0.15, -0.1) is 0 Å². The lowest BCUT2D eigenvalue weighted by molar-refractivity contribution is -0.124. The highest BCUT2D eigenvalue weighted by Crippen LogP contribution is 2.09. The summed E-state index contributed by atoms with van der Waals surface area (Å²) < 4.78 is 0. The quantitative estimate of drug-likeness (QED) is 0.758. The molecule has 0 aromatic heterocycles. The molecule has 2 rings (SSSR count). The lowest BCUT2D eigenvalue weighted by Gasteiger charge is -2.21. The Morgan fingerprint density at radius 3 is 2.85 bits per heavy atom. The summed E-state index contributed by atoms with van der Waals surface area (Å²) in [5.74, 6) is 0.0156. The minimum absolute atomic E-state index is 0.0156. The fourth-order valence-electron chi connectivity index (χ4n) is 2.61. The van der Waals surface area contributed by atoms with Crippen LogP contribution in [0.25, 0.3) is 0 Å². The van der Waals surface area contributed by atoms with Crippen molar-refractivity contribution >= 4 is 5.91 Å². The molecule has 1 aromatic rings. The topological polar surface area (TPSA) is 61.4 Å². The molecule has 1 aliphatic rings. The number of benzene rings is 1. The molecule has 0 radical (unpaired) electrons. The second-order valence-electron chi connectivity index (χ2n) is 5.43. The summed E-state index contributed by atoms with van der Waals surface area (Å²) in [6.45, 7) is 0.869. The highest BCUT2D eigenvalue weighted by molar-refractivity contribution is 5.82. The minimum atomic E-state index is -0.213. The summed E-state index contributed by atoms with van der Waals surface area (Å²) in [5, 5.41) is 15.7. The van der Waals surface area contributed by atoms with E-state index >= 15 is 0 Å². The number of aliphatic hydroxyl groups excluding tert-OH is 1. The van der Waals surface area contributed by atoms with Crippen LogP contribution in [0.3, 0.4) is 0 Å². The Hall–Kier alpha value is -1.39. The van der Waals surface area contributed by atoms with Crippen molar-refractivity contribution in [1.82, 2.24) is 10.6 Å². The van der Waals surface area contributed by atoms with Gasteiger partial charge in [-0.2, -0.15) is 0 Å². The van der Waals surface area contributed by atoms with Crippen LogP contribution in [0.2, 0.25) is 0 Å². The normalized spacial score (nSPS) is 20.9. The van der Waals surface area contributed by atoms with E-state index in [0.29, 0.717) is 6.42 Å². The Balaban J connectivity index is 1.87. The smallest absolute Gasteiger partial charge is 0.237 e. The van der Waals surface area contributed by atoms with E-state index in [9.17, 15) is 9.90 Å². The first-order chi connectivity index (χ1) is 9.79. The van der Waals surface area contributed by atoms with E-state index in [0.717, 1.165) is 31.4 Å². The molecule has 0 aliphatic carbocycles. The Bertz CT molecular complexity index is 400. The number of carbonyl (C=O) groups is 1. The number of carbonyl (C=O) groups excluding carboxylic acids is 1. The van der Waals surface area contributed by atoms with Crippen molar-refractivity contribution in [3.63, 3.8) is 0 Å². The molecule has 1 amide bonds. The van der Waals surface area contributed by atoms with Crippen molar-refractivity contribution in [2.24, 2.45) is 0 Å². The van der Waals surface area contributed by atoms with E-state index in [1.165, 1.54) is 6.42 Å². The van der Waals surface area contributed by atoms with E-state index in [-0.39, 0.29) is 24.6 Å². The van der Waals surface area contributed by atoms with Crippen molar-refractivity contribution in [3.8, 4) is 0 Å². The molecule has 1 aromatic carbocycles. The molecule has 1 aliphatic heterocycles. The van der Waals surface area contributed by atoms with Gasteiger partial charge in [-0.3, -0.25) is 4.79 Å². The molecule has 1 fully saturated rings. The van der Waals surface area contributed by atoms with Crippen LogP contribution in [0, 0.1) is 0 Å². The molecule has 1 unspecified atom stereocenters. The predicted octanol–water partition coefficient (Wildman–Crippen LogP) is 1.24. The molecule has 0 bridgehead atoms. The fourth-order valence-corrected chi connectivity index (χ4v) is 2.61. The summed E-state index contributed by atoms with van der Waals surface area (Å²) in [6.07, 6.45) is 4.96. The van der Waals surface area contributed by atoms with Crippen LogP contribution in [0.5, 0.6) is 0 Å². The third-order valence-electron chi connectivity index (χ3n) is 3.77. The Kier molecular flexibility index (Phi) is 6.02. The summed E-state index contributed by atoms with van der Waals surface area (Å²) >= 11 is 0. The molecule has 110 valence electrons. The van der Waals surface area contributed by atoms with Gasteiger partial charge in [-0.05, 0) is 31.4 Å². The zero-order valence-electron chi connectivity index (χ0n) is 11.8.